The molecule has 0 fully saturated rings. The van der Waals surface area contributed by atoms with Crippen molar-refractivity contribution in [3.8, 4) is 0 Å². The van der Waals surface area contributed by atoms with Crippen molar-refractivity contribution in [3.05, 3.63) is 0 Å². The highest BCUT2D eigenvalue weighted by Gasteiger charge is 2.21. The van der Waals surface area contributed by atoms with E-state index in [0.29, 0.717) is 6.61 Å². The fourth-order valence-electron chi connectivity index (χ4n) is 1.26. The van der Waals surface area contributed by atoms with E-state index in [1.54, 1.807) is 14.2 Å². The van der Waals surface area contributed by atoms with Gasteiger partial charge >= 0.3 is 0 Å². The van der Waals surface area contributed by atoms with E-state index >= 15 is 0 Å². The van der Waals surface area contributed by atoms with E-state index in [1.165, 1.54) is 0 Å². The number of aliphatic hydroxyl groups is 1. The van der Waals surface area contributed by atoms with Gasteiger partial charge in [0.15, 0.2) is 0 Å². The molecule has 0 aliphatic heterocycles. The van der Waals surface area contributed by atoms with Crippen molar-refractivity contribution in [3.63, 3.8) is 0 Å². The lowest BCUT2D eigenvalue weighted by molar-refractivity contribution is -0.00971. The van der Waals surface area contributed by atoms with Crippen LogP contribution in [0, 0.1) is 5.92 Å². The summed E-state index contributed by atoms with van der Waals surface area (Å²) in [7, 11) is 3.35. The minimum absolute atomic E-state index is 0.145. The summed E-state index contributed by atoms with van der Waals surface area (Å²) in [6.07, 6.45) is 1.31. The fourth-order valence-corrected chi connectivity index (χ4v) is 1.26. The Bertz CT molecular complexity index is 145. The van der Waals surface area contributed by atoms with E-state index in [9.17, 15) is 5.11 Å². The predicted octanol–water partition coefficient (Wildman–Crippen LogP) is 1.83. The normalized spacial score (nSPS) is 16.7. The average molecular weight is 204 g/mol. The summed E-state index contributed by atoms with van der Waals surface area (Å²) in [5.41, 5.74) is -0.145. The zero-order valence-electron chi connectivity index (χ0n) is 10.0. The summed E-state index contributed by atoms with van der Waals surface area (Å²) in [6.45, 7) is 6.66. The van der Waals surface area contributed by atoms with Crippen molar-refractivity contribution in [2.45, 2.75) is 45.3 Å². The molecule has 0 bridgehead atoms. The van der Waals surface area contributed by atoms with Crippen LogP contribution in [0.1, 0.15) is 33.6 Å². The van der Waals surface area contributed by atoms with Crippen LogP contribution in [0.15, 0.2) is 0 Å². The summed E-state index contributed by atoms with van der Waals surface area (Å²) < 4.78 is 10.3. The first-order chi connectivity index (χ1) is 6.43. The lowest BCUT2D eigenvalue weighted by Gasteiger charge is -2.26. The Morgan fingerprint density at radius 3 is 2.29 bits per heavy atom. The van der Waals surface area contributed by atoms with Crippen LogP contribution in [-0.4, -0.2) is 37.6 Å². The second-order valence-electron chi connectivity index (χ2n) is 4.50. The zero-order valence-corrected chi connectivity index (χ0v) is 10.0. The zero-order chi connectivity index (χ0) is 11.2. The number of rotatable bonds is 7. The molecular weight excluding hydrogens is 180 g/mol. The molecule has 0 spiro atoms. The van der Waals surface area contributed by atoms with E-state index in [4.69, 9.17) is 9.47 Å². The van der Waals surface area contributed by atoms with Crippen LogP contribution in [-0.2, 0) is 9.47 Å². The Morgan fingerprint density at radius 2 is 1.86 bits per heavy atom. The Kier molecular flexibility index (Phi) is 6.33. The van der Waals surface area contributed by atoms with Crippen molar-refractivity contribution in [2.75, 3.05) is 20.8 Å². The molecular formula is C11H24O3. The van der Waals surface area contributed by atoms with Crippen LogP contribution >= 0.6 is 0 Å². The molecule has 86 valence electrons. The molecule has 3 heteroatoms. The molecule has 0 aliphatic rings. The molecule has 0 amide bonds. The highest BCUT2D eigenvalue weighted by molar-refractivity contribution is 4.72. The number of methoxy groups -OCH3 is 2. The lowest BCUT2D eigenvalue weighted by Crippen LogP contribution is -2.28. The third kappa shape index (κ3) is 5.58. The number of aliphatic hydroxyl groups excluding tert-OH is 1. The molecule has 0 aromatic carbocycles. The minimum Gasteiger partial charge on any atom is -0.393 e. The minimum atomic E-state index is -0.302. The van der Waals surface area contributed by atoms with Crippen molar-refractivity contribution >= 4 is 0 Å². The van der Waals surface area contributed by atoms with Crippen molar-refractivity contribution < 1.29 is 14.6 Å². The van der Waals surface area contributed by atoms with Gasteiger partial charge in [-0.1, -0.05) is 6.92 Å². The van der Waals surface area contributed by atoms with E-state index in [0.717, 1.165) is 12.8 Å². The van der Waals surface area contributed by atoms with E-state index in [-0.39, 0.29) is 17.6 Å². The first-order valence-electron chi connectivity index (χ1n) is 5.15. The molecule has 0 saturated heterocycles. The van der Waals surface area contributed by atoms with Gasteiger partial charge in [-0.05, 0) is 26.7 Å². The largest absolute Gasteiger partial charge is 0.393 e. The van der Waals surface area contributed by atoms with Crippen LogP contribution < -0.4 is 0 Å². The Hall–Kier alpha value is -0.120. The molecule has 2 atom stereocenters. The molecule has 0 radical (unpaired) electrons. The maximum absolute atomic E-state index is 9.77. The Balaban J connectivity index is 3.77. The molecule has 14 heavy (non-hydrogen) atoms. The van der Waals surface area contributed by atoms with Crippen molar-refractivity contribution in [2.24, 2.45) is 5.92 Å². The van der Waals surface area contributed by atoms with Gasteiger partial charge in [0.05, 0.1) is 18.3 Å². The number of hydrogen-bond donors (Lipinski definition) is 1. The monoisotopic (exact) mass is 204 g/mol. The maximum atomic E-state index is 9.77. The summed E-state index contributed by atoms with van der Waals surface area (Å²) in [5, 5.41) is 9.77. The second kappa shape index (κ2) is 6.38. The highest BCUT2D eigenvalue weighted by Crippen LogP contribution is 2.19. The van der Waals surface area contributed by atoms with Crippen LogP contribution in [0.4, 0.5) is 0 Å². The Morgan fingerprint density at radius 1 is 1.29 bits per heavy atom. The molecule has 0 aromatic rings. The van der Waals surface area contributed by atoms with Crippen molar-refractivity contribution in [1.29, 1.82) is 0 Å². The highest BCUT2D eigenvalue weighted by atomic mass is 16.5. The van der Waals surface area contributed by atoms with Gasteiger partial charge in [-0.3, -0.25) is 0 Å². The summed E-state index contributed by atoms with van der Waals surface area (Å²) >= 11 is 0. The van der Waals surface area contributed by atoms with E-state index < -0.39 is 0 Å². The quantitative estimate of drug-likeness (QED) is 0.687. The van der Waals surface area contributed by atoms with Gasteiger partial charge < -0.3 is 14.6 Å². The first-order valence-corrected chi connectivity index (χ1v) is 5.15. The van der Waals surface area contributed by atoms with Gasteiger partial charge in [0.1, 0.15) is 0 Å². The fraction of sp³-hybridized carbons (Fsp3) is 1.00. The summed E-state index contributed by atoms with van der Waals surface area (Å²) in [5.74, 6) is 0.188. The van der Waals surface area contributed by atoms with Gasteiger partial charge in [0.25, 0.3) is 0 Å². The molecule has 0 saturated carbocycles. The standard InChI is InChI=1S/C11H24O3/c1-9(8-13-4)10(12)6-7-11(2,3)14-5/h9-10,12H,6-8H2,1-5H3. The molecule has 0 heterocycles. The van der Waals surface area contributed by atoms with Gasteiger partial charge in [-0.25, -0.2) is 0 Å². The molecule has 0 aromatic heterocycles. The average Bonchev–Trinajstić information content (AvgIpc) is 2.15. The third-order valence-corrected chi connectivity index (χ3v) is 2.68. The van der Waals surface area contributed by atoms with Gasteiger partial charge in [0, 0.05) is 20.1 Å². The SMILES string of the molecule is COCC(C)C(O)CCC(C)(C)OC. The van der Waals surface area contributed by atoms with E-state index in [2.05, 4.69) is 0 Å². The van der Waals surface area contributed by atoms with Gasteiger partial charge in [-0.15, -0.1) is 0 Å². The molecule has 1 N–H and O–H groups in total. The molecule has 0 rings (SSSR count). The number of ether oxygens (including phenoxy) is 2. The third-order valence-electron chi connectivity index (χ3n) is 2.68. The molecule has 3 nitrogen and oxygen atoms in total. The van der Waals surface area contributed by atoms with Crippen LogP contribution in [0.25, 0.3) is 0 Å². The molecule has 2 unspecified atom stereocenters. The lowest BCUT2D eigenvalue weighted by atomic mass is 9.94. The van der Waals surface area contributed by atoms with Gasteiger partial charge in [0.2, 0.25) is 0 Å². The second-order valence-corrected chi connectivity index (χ2v) is 4.50. The first kappa shape index (κ1) is 13.9. The Labute approximate surface area is 87.4 Å². The van der Waals surface area contributed by atoms with E-state index in [1.807, 2.05) is 20.8 Å². The topological polar surface area (TPSA) is 38.7 Å². The van der Waals surface area contributed by atoms with Crippen molar-refractivity contribution in [1.82, 2.24) is 0 Å². The predicted molar refractivity (Wildman–Crippen MR) is 57.4 cm³/mol. The van der Waals surface area contributed by atoms with Crippen LogP contribution in [0.2, 0.25) is 0 Å². The smallest absolute Gasteiger partial charge is 0.0623 e. The summed E-state index contributed by atoms with van der Waals surface area (Å²) in [4.78, 5) is 0. The maximum Gasteiger partial charge on any atom is 0.0623 e. The number of hydrogen-bond acceptors (Lipinski definition) is 3. The molecule has 0 aliphatic carbocycles. The van der Waals surface area contributed by atoms with Crippen LogP contribution in [0.3, 0.4) is 0 Å². The summed E-state index contributed by atoms with van der Waals surface area (Å²) in [6, 6.07) is 0. The van der Waals surface area contributed by atoms with Gasteiger partial charge in [-0.2, -0.15) is 0 Å². The van der Waals surface area contributed by atoms with Crippen LogP contribution in [0.5, 0.6) is 0 Å².